The monoisotopic (exact) mass is 291 g/mol. The number of nitrogens with zero attached hydrogens (tertiary/aromatic N) is 2. The van der Waals surface area contributed by atoms with E-state index >= 15 is 0 Å². The van der Waals surface area contributed by atoms with Crippen molar-refractivity contribution in [3.63, 3.8) is 0 Å². The molecule has 0 aliphatic rings. The molecule has 0 aliphatic heterocycles. The van der Waals surface area contributed by atoms with Crippen LogP contribution in [0.3, 0.4) is 0 Å². The molecule has 20 heavy (non-hydrogen) atoms. The Balaban J connectivity index is 1.91. The normalized spacial score (nSPS) is 11.8. The predicted octanol–water partition coefficient (Wildman–Crippen LogP) is 2.85. The van der Waals surface area contributed by atoms with E-state index < -0.39 is 5.60 Å². The predicted molar refractivity (Wildman–Crippen MR) is 82.6 cm³/mol. The van der Waals surface area contributed by atoms with Crippen LogP contribution in [0.25, 0.3) is 10.7 Å². The van der Waals surface area contributed by atoms with E-state index in [-0.39, 0.29) is 0 Å². The van der Waals surface area contributed by atoms with Gasteiger partial charge >= 0.3 is 0 Å². The Morgan fingerprint density at radius 2 is 2.05 bits per heavy atom. The first-order chi connectivity index (χ1) is 9.67. The van der Waals surface area contributed by atoms with E-state index in [0.29, 0.717) is 6.54 Å². The van der Waals surface area contributed by atoms with Crippen molar-refractivity contribution >= 4 is 11.3 Å². The average Bonchev–Trinajstić information content (AvgIpc) is 2.97. The summed E-state index contributed by atoms with van der Waals surface area (Å²) in [6.07, 6.45) is 5.17. The van der Waals surface area contributed by atoms with Crippen molar-refractivity contribution in [2.45, 2.75) is 38.8 Å². The zero-order valence-corrected chi connectivity index (χ0v) is 12.8. The Labute approximate surface area is 123 Å². The number of nitrogens with one attached hydrogen (secondary N) is 1. The van der Waals surface area contributed by atoms with Gasteiger partial charge in [0.25, 0.3) is 0 Å². The molecule has 0 bridgehead atoms. The van der Waals surface area contributed by atoms with Gasteiger partial charge in [-0.3, -0.25) is 4.98 Å². The van der Waals surface area contributed by atoms with Crippen LogP contribution in [0.1, 0.15) is 31.6 Å². The quantitative estimate of drug-likeness (QED) is 0.823. The molecule has 0 saturated carbocycles. The van der Waals surface area contributed by atoms with Crippen LogP contribution < -0.4 is 5.32 Å². The Bertz CT molecular complexity index is 523. The second kappa shape index (κ2) is 6.92. The first kappa shape index (κ1) is 15.1. The lowest BCUT2D eigenvalue weighted by Gasteiger charge is -2.25. The maximum atomic E-state index is 10.2. The third-order valence-electron chi connectivity index (χ3n) is 3.51. The summed E-state index contributed by atoms with van der Waals surface area (Å²) in [6.45, 7) is 5.36. The molecule has 108 valence electrons. The molecule has 5 heteroatoms. The van der Waals surface area contributed by atoms with Crippen molar-refractivity contribution in [3.05, 3.63) is 35.5 Å². The maximum Gasteiger partial charge on any atom is 0.142 e. The molecule has 0 saturated heterocycles. The number of aromatic nitrogens is 2. The second-order valence-corrected chi connectivity index (χ2v) is 6.00. The van der Waals surface area contributed by atoms with Gasteiger partial charge in [0.1, 0.15) is 5.01 Å². The lowest BCUT2D eigenvalue weighted by molar-refractivity contribution is 0.0323. The van der Waals surface area contributed by atoms with Gasteiger partial charge < -0.3 is 10.4 Å². The van der Waals surface area contributed by atoms with E-state index in [1.165, 1.54) is 0 Å². The van der Waals surface area contributed by atoms with Gasteiger partial charge in [-0.2, -0.15) is 0 Å². The van der Waals surface area contributed by atoms with Crippen LogP contribution in [0, 0.1) is 0 Å². The van der Waals surface area contributed by atoms with E-state index in [1.807, 2.05) is 38.2 Å². The second-order valence-electron chi connectivity index (χ2n) is 4.88. The van der Waals surface area contributed by atoms with Crippen LogP contribution in [0.15, 0.2) is 30.6 Å². The van der Waals surface area contributed by atoms with Gasteiger partial charge in [-0.25, -0.2) is 4.98 Å². The summed E-state index contributed by atoms with van der Waals surface area (Å²) in [7, 11) is 0. The molecule has 0 spiro atoms. The van der Waals surface area contributed by atoms with Gasteiger partial charge in [0.2, 0.25) is 0 Å². The highest BCUT2D eigenvalue weighted by Gasteiger charge is 2.21. The van der Waals surface area contributed by atoms with Crippen LogP contribution in [-0.4, -0.2) is 27.2 Å². The third kappa shape index (κ3) is 3.85. The van der Waals surface area contributed by atoms with E-state index in [4.69, 9.17) is 0 Å². The lowest BCUT2D eigenvalue weighted by atomic mass is 9.98. The van der Waals surface area contributed by atoms with Crippen LogP contribution in [0.2, 0.25) is 0 Å². The molecule has 0 radical (unpaired) electrons. The molecule has 2 N–H and O–H groups in total. The molecular weight excluding hydrogens is 270 g/mol. The summed E-state index contributed by atoms with van der Waals surface area (Å²) < 4.78 is 0. The number of thiazole rings is 1. The zero-order valence-electron chi connectivity index (χ0n) is 12.0. The van der Waals surface area contributed by atoms with Gasteiger partial charge in [0.05, 0.1) is 11.3 Å². The molecule has 2 rings (SSSR count). The van der Waals surface area contributed by atoms with Gasteiger partial charge in [0.15, 0.2) is 0 Å². The molecule has 4 nitrogen and oxygen atoms in total. The minimum absolute atomic E-state index is 0.603. The summed E-state index contributed by atoms with van der Waals surface area (Å²) >= 11 is 1.63. The fourth-order valence-electron chi connectivity index (χ4n) is 1.92. The molecule has 2 aromatic heterocycles. The minimum atomic E-state index is -0.603. The van der Waals surface area contributed by atoms with E-state index in [1.54, 1.807) is 17.5 Å². The molecule has 2 aromatic rings. The lowest BCUT2D eigenvalue weighted by Crippen LogP contribution is -2.39. The van der Waals surface area contributed by atoms with Crippen molar-refractivity contribution in [2.24, 2.45) is 0 Å². The fraction of sp³-hybridized carbons (Fsp3) is 0.467. The largest absolute Gasteiger partial charge is 0.389 e. The summed E-state index contributed by atoms with van der Waals surface area (Å²) in [6, 6.07) is 5.82. The summed E-state index contributed by atoms with van der Waals surface area (Å²) in [5.74, 6) is 0. The molecule has 0 unspecified atom stereocenters. The maximum absolute atomic E-state index is 10.2. The van der Waals surface area contributed by atoms with E-state index in [9.17, 15) is 5.11 Å². The highest BCUT2D eigenvalue weighted by atomic mass is 32.1. The molecule has 0 atom stereocenters. The molecule has 0 fully saturated rings. The fourth-order valence-corrected chi connectivity index (χ4v) is 2.77. The number of hydrogen-bond acceptors (Lipinski definition) is 5. The minimum Gasteiger partial charge on any atom is -0.389 e. The molecule has 0 amide bonds. The SMILES string of the molecule is CCC(O)(CC)CNCc1cnc(-c2ccccn2)s1. The molecular formula is C15H21N3OS. The smallest absolute Gasteiger partial charge is 0.142 e. The van der Waals surface area contributed by atoms with Crippen LogP contribution >= 0.6 is 11.3 Å². The summed E-state index contributed by atoms with van der Waals surface area (Å²) in [5.41, 5.74) is 0.302. The van der Waals surface area contributed by atoms with Gasteiger partial charge in [-0.1, -0.05) is 19.9 Å². The number of hydrogen-bond donors (Lipinski definition) is 2. The number of rotatable bonds is 7. The topological polar surface area (TPSA) is 58.0 Å². The number of pyridine rings is 1. The average molecular weight is 291 g/mol. The highest BCUT2D eigenvalue weighted by molar-refractivity contribution is 7.14. The summed E-state index contributed by atoms with van der Waals surface area (Å²) in [5, 5.41) is 14.4. The molecule has 2 heterocycles. The van der Waals surface area contributed by atoms with Crippen LogP contribution in [0.5, 0.6) is 0 Å². The third-order valence-corrected chi connectivity index (χ3v) is 4.53. The van der Waals surface area contributed by atoms with Crippen molar-refractivity contribution in [1.29, 1.82) is 0 Å². The van der Waals surface area contributed by atoms with Crippen molar-refractivity contribution in [3.8, 4) is 10.7 Å². The Morgan fingerprint density at radius 3 is 2.70 bits per heavy atom. The van der Waals surface area contributed by atoms with Crippen LogP contribution in [-0.2, 0) is 6.54 Å². The first-order valence-electron chi connectivity index (χ1n) is 6.96. The molecule has 0 aromatic carbocycles. The highest BCUT2D eigenvalue weighted by Crippen LogP contribution is 2.23. The van der Waals surface area contributed by atoms with Crippen LogP contribution in [0.4, 0.5) is 0 Å². The van der Waals surface area contributed by atoms with Gasteiger partial charge in [-0.15, -0.1) is 11.3 Å². The zero-order chi connectivity index (χ0) is 14.4. The van der Waals surface area contributed by atoms with Crippen molar-refractivity contribution < 1.29 is 5.11 Å². The van der Waals surface area contributed by atoms with Gasteiger partial charge in [-0.05, 0) is 25.0 Å². The Hall–Kier alpha value is -1.30. The Kier molecular flexibility index (Phi) is 5.23. The summed E-state index contributed by atoms with van der Waals surface area (Å²) in [4.78, 5) is 9.84. The van der Waals surface area contributed by atoms with E-state index in [2.05, 4.69) is 15.3 Å². The van der Waals surface area contributed by atoms with E-state index in [0.717, 1.165) is 35.0 Å². The standard InChI is InChI=1S/C15H21N3OS/c1-3-15(19,4-2)11-16-9-12-10-18-14(20-12)13-7-5-6-8-17-13/h5-8,10,16,19H,3-4,9,11H2,1-2H3. The van der Waals surface area contributed by atoms with Gasteiger partial charge in [0, 0.05) is 30.4 Å². The molecule has 0 aliphatic carbocycles. The van der Waals surface area contributed by atoms with Crippen molar-refractivity contribution in [1.82, 2.24) is 15.3 Å². The van der Waals surface area contributed by atoms with Crippen molar-refractivity contribution in [2.75, 3.05) is 6.54 Å². The Morgan fingerprint density at radius 1 is 1.25 bits per heavy atom. The first-order valence-corrected chi connectivity index (χ1v) is 7.77. The number of aliphatic hydroxyl groups is 1.